The third-order valence-corrected chi connectivity index (χ3v) is 11.0. The highest BCUT2D eigenvalue weighted by Gasteiger charge is 2.54. The number of piperidine rings is 1. The van der Waals surface area contributed by atoms with Crippen LogP contribution in [0.4, 0.5) is 16.4 Å². The monoisotopic (exact) mass is 775 g/mol. The molecule has 7 rings (SSSR count). The molecule has 1 aliphatic carbocycles. The summed E-state index contributed by atoms with van der Waals surface area (Å²) in [5, 5.41) is 34.1. The maximum Gasteiger partial charge on any atom is 0.315 e. The summed E-state index contributed by atoms with van der Waals surface area (Å²) in [5.74, 6) is -0.861. The third-order valence-electron chi connectivity index (χ3n) is 11.0. The number of aromatic nitrogens is 5. The minimum absolute atomic E-state index is 0.0135. The van der Waals surface area contributed by atoms with Crippen LogP contribution in [0.2, 0.25) is 0 Å². The number of aliphatic hydroxyl groups excluding tert-OH is 2. The summed E-state index contributed by atoms with van der Waals surface area (Å²) in [7, 11) is 0. The van der Waals surface area contributed by atoms with Gasteiger partial charge in [0.25, 0.3) is 5.91 Å². The van der Waals surface area contributed by atoms with E-state index in [-0.39, 0.29) is 72.5 Å². The van der Waals surface area contributed by atoms with Gasteiger partial charge in [0.15, 0.2) is 17.0 Å². The fraction of sp³-hybridized carbons (Fsp3) is 0.390. The van der Waals surface area contributed by atoms with E-state index in [1.807, 2.05) is 78.9 Å². The molecule has 5 aromatic rings. The van der Waals surface area contributed by atoms with E-state index < -0.39 is 29.7 Å². The first-order valence-corrected chi connectivity index (χ1v) is 19.4. The van der Waals surface area contributed by atoms with Gasteiger partial charge in [-0.15, -0.1) is 0 Å². The Bertz CT molecular complexity index is 2110. The van der Waals surface area contributed by atoms with Gasteiger partial charge in [0, 0.05) is 63.2 Å². The lowest BCUT2D eigenvalue weighted by Gasteiger charge is -2.33. The average molecular weight is 776 g/mol. The van der Waals surface area contributed by atoms with Crippen molar-refractivity contribution >= 4 is 40.5 Å². The van der Waals surface area contributed by atoms with Crippen LogP contribution in [-0.2, 0) is 10.5 Å². The number of carbonyl (C=O) groups is 3. The predicted octanol–water partition coefficient (Wildman–Crippen LogP) is 2.50. The predicted molar refractivity (Wildman–Crippen MR) is 214 cm³/mol. The Balaban J connectivity index is 1.07. The first-order valence-electron chi connectivity index (χ1n) is 19.4. The highest BCUT2D eigenvalue weighted by Crippen LogP contribution is 2.40. The van der Waals surface area contributed by atoms with E-state index in [4.69, 9.17) is 5.73 Å². The number of imidazole rings is 1. The van der Waals surface area contributed by atoms with Gasteiger partial charge < -0.3 is 42.1 Å². The molecule has 16 heteroatoms. The van der Waals surface area contributed by atoms with Gasteiger partial charge in [-0.2, -0.15) is 0 Å². The molecule has 8 N–H and O–H groups in total. The minimum Gasteiger partial charge on any atom is -0.390 e. The normalized spacial score (nSPS) is 21.1. The Hall–Kier alpha value is -5.97. The topological polar surface area (TPSA) is 226 Å². The van der Waals surface area contributed by atoms with Crippen molar-refractivity contribution in [2.45, 2.75) is 62.4 Å². The highest BCUT2D eigenvalue weighted by atomic mass is 16.3. The van der Waals surface area contributed by atoms with Crippen LogP contribution in [0.5, 0.6) is 0 Å². The van der Waals surface area contributed by atoms with Crippen molar-refractivity contribution in [2.75, 3.05) is 42.9 Å². The maximum atomic E-state index is 13.7. The summed E-state index contributed by atoms with van der Waals surface area (Å²) in [6.07, 6.45) is 1.89. The molecule has 2 aliphatic rings. The summed E-state index contributed by atoms with van der Waals surface area (Å²) >= 11 is 0. The number of nitrogens with one attached hydrogen (secondary N) is 4. The van der Waals surface area contributed by atoms with Crippen molar-refractivity contribution in [2.24, 2.45) is 11.7 Å². The lowest BCUT2D eigenvalue weighted by atomic mass is 9.91. The molecule has 57 heavy (non-hydrogen) atoms. The number of aliphatic hydroxyl groups is 2. The SMILES string of the molecule is CCC(=O)[C@H]1C[C@@](N)(n2cnc3c(NCC(c4ccccc4)c4ccccc4)nc(C(=O)NCCNC(=O)NC4CCN(c5ccccn5)CC4)nc32)[C@H](O)[C@@H]1O. The fourth-order valence-electron chi connectivity index (χ4n) is 7.81. The number of benzene rings is 2. The Kier molecular flexibility index (Phi) is 12.0. The van der Waals surface area contributed by atoms with Gasteiger partial charge >= 0.3 is 6.03 Å². The first kappa shape index (κ1) is 39.3. The van der Waals surface area contributed by atoms with Crippen molar-refractivity contribution in [3.8, 4) is 0 Å². The molecule has 4 atom stereocenters. The van der Waals surface area contributed by atoms with Crippen LogP contribution in [0.15, 0.2) is 91.4 Å². The van der Waals surface area contributed by atoms with Gasteiger partial charge in [-0.1, -0.05) is 73.7 Å². The van der Waals surface area contributed by atoms with Crippen molar-refractivity contribution in [3.63, 3.8) is 0 Å². The summed E-state index contributed by atoms with van der Waals surface area (Å²) in [4.78, 5) is 59.5. The van der Waals surface area contributed by atoms with E-state index in [0.717, 1.165) is 42.9 Å². The largest absolute Gasteiger partial charge is 0.390 e. The zero-order chi connectivity index (χ0) is 39.9. The van der Waals surface area contributed by atoms with Gasteiger partial charge in [-0.3, -0.25) is 14.2 Å². The number of hydrogen-bond donors (Lipinski definition) is 7. The maximum absolute atomic E-state index is 13.7. The van der Waals surface area contributed by atoms with Crippen LogP contribution in [-0.4, -0.2) is 103 Å². The molecular formula is C41H49N11O5. The molecule has 3 amide bonds. The van der Waals surface area contributed by atoms with Crippen molar-refractivity contribution in [1.82, 2.24) is 40.5 Å². The standard InChI is InChI=1S/C41H49N11O5/c1-2-31(53)29-23-41(42,35(55)34(29)54)52-25-47-33-36(46-24-30(26-11-5-3-6-12-26)27-13-7-4-8-14-27)49-37(50-38(33)52)39(56)44-19-20-45-40(57)48-28-16-21-51(22-17-28)32-15-9-10-18-43-32/h3-15,18,25,28-30,34-35,54-55H,2,16-17,19-24,42H2,1H3,(H,44,56)(H2,45,48,57)(H,46,49,50)/t29-,34-,35-,41-/m1/s1. The lowest BCUT2D eigenvalue weighted by molar-refractivity contribution is -0.126. The molecule has 4 heterocycles. The van der Waals surface area contributed by atoms with Crippen LogP contribution in [0.3, 0.4) is 0 Å². The number of nitrogens with two attached hydrogens (primary N) is 1. The molecule has 0 bridgehead atoms. The van der Waals surface area contributed by atoms with E-state index in [9.17, 15) is 24.6 Å². The molecule has 1 saturated heterocycles. The lowest BCUT2D eigenvalue weighted by Crippen LogP contribution is -2.51. The molecule has 16 nitrogen and oxygen atoms in total. The van der Waals surface area contributed by atoms with E-state index in [0.29, 0.717) is 6.54 Å². The van der Waals surface area contributed by atoms with E-state index in [1.54, 1.807) is 13.1 Å². The van der Waals surface area contributed by atoms with Gasteiger partial charge in [0.05, 0.1) is 12.4 Å². The van der Waals surface area contributed by atoms with Gasteiger partial charge in [0.2, 0.25) is 5.82 Å². The molecule has 2 aromatic carbocycles. The minimum atomic E-state index is -1.66. The number of Topliss-reactive ketones (excluding diaryl/α,β-unsaturated/α-hetero) is 1. The second-order valence-corrected chi connectivity index (χ2v) is 14.6. The molecule has 0 spiro atoms. The molecular weight excluding hydrogens is 727 g/mol. The highest BCUT2D eigenvalue weighted by molar-refractivity contribution is 5.94. The van der Waals surface area contributed by atoms with Crippen LogP contribution >= 0.6 is 0 Å². The molecule has 1 aliphatic heterocycles. The van der Waals surface area contributed by atoms with Crippen LogP contribution in [0.25, 0.3) is 11.2 Å². The zero-order valence-electron chi connectivity index (χ0n) is 31.8. The summed E-state index contributed by atoms with van der Waals surface area (Å²) in [5.41, 5.74) is 7.70. The molecule has 0 radical (unpaired) electrons. The Labute approximate surface area is 330 Å². The zero-order valence-corrected chi connectivity index (χ0v) is 31.8. The van der Waals surface area contributed by atoms with Gasteiger partial charge in [0.1, 0.15) is 23.4 Å². The van der Waals surface area contributed by atoms with E-state index in [1.165, 1.54) is 10.9 Å². The molecule has 298 valence electrons. The van der Waals surface area contributed by atoms with Gasteiger partial charge in [-0.05, 0) is 42.5 Å². The Morgan fingerprint density at radius 2 is 1.56 bits per heavy atom. The van der Waals surface area contributed by atoms with E-state index in [2.05, 4.69) is 46.1 Å². The van der Waals surface area contributed by atoms with Crippen molar-refractivity contribution in [1.29, 1.82) is 0 Å². The van der Waals surface area contributed by atoms with Crippen molar-refractivity contribution in [3.05, 3.63) is 108 Å². The number of pyridine rings is 1. The van der Waals surface area contributed by atoms with Crippen LogP contribution in [0.1, 0.15) is 60.3 Å². The summed E-state index contributed by atoms with van der Waals surface area (Å²) in [6.45, 7) is 3.85. The van der Waals surface area contributed by atoms with E-state index >= 15 is 0 Å². The number of hydrogen-bond acceptors (Lipinski definition) is 12. The molecule has 3 aromatic heterocycles. The van der Waals surface area contributed by atoms with Gasteiger partial charge in [-0.25, -0.2) is 24.7 Å². The summed E-state index contributed by atoms with van der Waals surface area (Å²) in [6, 6.07) is 25.5. The second-order valence-electron chi connectivity index (χ2n) is 14.6. The fourth-order valence-corrected chi connectivity index (χ4v) is 7.81. The first-order chi connectivity index (χ1) is 27.7. The number of ketones is 1. The van der Waals surface area contributed by atoms with Crippen LogP contribution in [0, 0.1) is 5.92 Å². The number of rotatable bonds is 14. The quantitative estimate of drug-likeness (QED) is 0.0809. The summed E-state index contributed by atoms with van der Waals surface area (Å²) < 4.78 is 1.42. The van der Waals surface area contributed by atoms with Crippen molar-refractivity contribution < 1.29 is 24.6 Å². The number of anilines is 2. The smallest absolute Gasteiger partial charge is 0.315 e. The molecule has 0 unspecified atom stereocenters. The van der Waals surface area contributed by atoms with Crippen LogP contribution < -0.4 is 31.9 Å². The second kappa shape index (κ2) is 17.4. The third kappa shape index (κ3) is 8.57. The number of urea groups is 1. The average Bonchev–Trinajstić information content (AvgIpc) is 3.79. The number of carbonyl (C=O) groups excluding carboxylic acids is 3. The molecule has 2 fully saturated rings. The number of amides is 3. The molecule has 1 saturated carbocycles. The Morgan fingerprint density at radius 3 is 2.21 bits per heavy atom. The number of fused-ring (bicyclic) bond motifs is 1. The Morgan fingerprint density at radius 1 is 0.895 bits per heavy atom. The number of nitrogens with zero attached hydrogens (tertiary/aromatic N) is 6.